The van der Waals surface area contributed by atoms with Crippen LogP contribution in [0.15, 0.2) is 30.5 Å². The van der Waals surface area contributed by atoms with Crippen LogP contribution >= 0.6 is 0 Å². The highest BCUT2D eigenvalue weighted by atomic mass is 16.6. The van der Waals surface area contributed by atoms with Crippen molar-refractivity contribution in [2.45, 2.75) is 52.0 Å². The molecule has 1 aromatic carbocycles. The van der Waals surface area contributed by atoms with Crippen molar-refractivity contribution < 1.29 is 19.1 Å². The first-order valence-corrected chi connectivity index (χ1v) is 12.9. The molecule has 2 aliphatic rings. The molecule has 0 saturated heterocycles. The van der Waals surface area contributed by atoms with E-state index < -0.39 is 0 Å². The van der Waals surface area contributed by atoms with Crippen LogP contribution in [0.2, 0.25) is 0 Å². The van der Waals surface area contributed by atoms with E-state index in [-0.39, 0.29) is 23.8 Å². The minimum atomic E-state index is -0.226. The Morgan fingerprint density at radius 3 is 2.56 bits per heavy atom. The zero-order valence-electron chi connectivity index (χ0n) is 20.9. The van der Waals surface area contributed by atoms with Gasteiger partial charge in [0.1, 0.15) is 13.2 Å². The zero-order valence-corrected chi connectivity index (χ0v) is 20.9. The number of fused-ring (bicyclic) bond motifs is 2. The lowest BCUT2D eigenvalue weighted by Gasteiger charge is -2.20. The fourth-order valence-electron chi connectivity index (χ4n) is 4.90. The lowest BCUT2D eigenvalue weighted by Crippen LogP contribution is -2.38. The van der Waals surface area contributed by atoms with Gasteiger partial charge in [-0.05, 0) is 51.0 Å². The number of hydrogen-bond donors (Lipinski definition) is 2. The van der Waals surface area contributed by atoms with Gasteiger partial charge in [0.05, 0.1) is 22.8 Å². The minimum Gasteiger partial charge on any atom is -0.486 e. The number of carbonyl (C=O) groups is 2. The van der Waals surface area contributed by atoms with Crippen molar-refractivity contribution in [3.63, 3.8) is 0 Å². The summed E-state index contributed by atoms with van der Waals surface area (Å²) in [6, 6.07) is 7.54. The van der Waals surface area contributed by atoms with Gasteiger partial charge in [-0.25, -0.2) is 9.67 Å². The van der Waals surface area contributed by atoms with Crippen molar-refractivity contribution in [1.29, 1.82) is 0 Å². The molecule has 1 fully saturated rings. The van der Waals surface area contributed by atoms with Crippen molar-refractivity contribution in [2.75, 3.05) is 26.3 Å². The van der Waals surface area contributed by atoms with E-state index in [9.17, 15) is 9.59 Å². The number of carbonyl (C=O) groups excluding carboxylic acids is 2. The van der Waals surface area contributed by atoms with Crippen molar-refractivity contribution >= 4 is 22.8 Å². The Balaban J connectivity index is 1.36. The second kappa shape index (κ2) is 10.6. The zero-order chi connectivity index (χ0) is 25.1. The Bertz CT molecular complexity index is 1260. The lowest BCUT2D eigenvalue weighted by atomic mass is 9.89. The van der Waals surface area contributed by atoms with Crippen molar-refractivity contribution in [2.24, 2.45) is 5.92 Å². The van der Waals surface area contributed by atoms with Gasteiger partial charge in [-0.1, -0.05) is 19.3 Å². The number of rotatable bonds is 7. The predicted molar refractivity (Wildman–Crippen MR) is 136 cm³/mol. The third-order valence-electron chi connectivity index (χ3n) is 6.82. The van der Waals surface area contributed by atoms with Crippen LogP contribution in [-0.4, -0.2) is 52.9 Å². The first-order valence-electron chi connectivity index (χ1n) is 12.9. The highest BCUT2D eigenvalue weighted by molar-refractivity contribution is 6.06. The Kier molecular flexibility index (Phi) is 7.06. The molecule has 1 aliphatic heterocycles. The molecular formula is C27H33N5O4. The van der Waals surface area contributed by atoms with Gasteiger partial charge < -0.3 is 20.1 Å². The minimum absolute atomic E-state index is 0.0800. The summed E-state index contributed by atoms with van der Waals surface area (Å²) in [6.45, 7) is 5.82. The van der Waals surface area contributed by atoms with Crippen LogP contribution in [0.3, 0.4) is 0 Å². The molecule has 0 atom stereocenters. The Morgan fingerprint density at radius 2 is 1.78 bits per heavy atom. The van der Waals surface area contributed by atoms with Crippen LogP contribution in [0.25, 0.3) is 22.3 Å². The number of nitrogens with one attached hydrogen (secondary N) is 2. The van der Waals surface area contributed by atoms with Crippen LogP contribution in [0.1, 0.15) is 62.4 Å². The van der Waals surface area contributed by atoms with E-state index >= 15 is 0 Å². The Hall–Kier alpha value is -3.62. The van der Waals surface area contributed by atoms with Crippen LogP contribution in [0, 0.1) is 5.92 Å². The van der Waals surface area contributed by atoms with E-state index in [1.54, 1.807) is 12.3 Å². The van der Waals surface area contributed by atoms with Crippen LogP contribution in [0.4, 0.5) is 0 Å². The van der Waals surface area contributed by atoms with Crippen molar-refractivity contribution in [3.05, 3.63) is 36.0 Å². The molecule has 1 saturated carbocycles. The van der Waals surface area contributed by atoms with Gasteiger partial charge >= 0.3 is 0 Å². The maximum Gasteiger partial charge on any atom is 0.252 e. The van der Waals surface area contributed by atoms with Crippen LogP contribution in [0.5, 0.6) is 11.5 Å². The summed E-state index contributed by atoms with van der Waals surface area (Å²) >= 11 is 0. The van der Waals surface area contributed by atoms with Crippen molar-refractivity contribution in [1.82, 2.24) is 25.4 Å². The highest BCUT2D eigenvalue weighted by Crippen LogP contribution is 2.35. The molecule has 2 aromatic heterocycles. The van der Waals surface area contributed by atoms with E-state index in [0.29, 0.717) is 60.1 Å². The van der Waals surface area contributed by atoms with Crippen LogP contribution < -0.4 is 20.1 Å². The normalized spacial score (nSPS) is 15.8. The van der Waals surface area contributed by atoms with E-state index in [1.807, 2.05) is 36.7 Å². The van der Waals surface area contributed by atoms with Gasteiger partial charge in [-0.2, -0.15) is 5.10 Å². The summed E-state index contributed by atoms with van der Waals surface area (Å²) in [5, 5.41) is 11.1. The van der Waals surface area contributed by atoms with Crippen LogP contribution in [-0.2, 0) is 4.79 Å². The SMILES string of the molecule is CC(C)n1ncc2c(C(=O)NCCNC(=O)C3CCCCC3)cc(-c3ccc4c(c3)OCCO4)nc21. The van der Waals surface area contributed by atoms with Gasteiger partial charge in [0.2, 0.25) is 5.91 Å². The van der Waals surface area contributed by atoms with E-state index in [1.165, 1.54) is 6.42 Å². The molecule has 0 bridgehead atoms. The molecule has 0 unspecified atom stereocenters. The van der Waals surface area contributed by atoms with Gasteiger partial charge in [0.25, 0.3) is 5.91 Å². The summed E-state index contributed by atoms with van der Waals surface area (Å²) in [5.74, 6) is 1.33. The van der Waals surface area contributed by atoms with Gasteiger partial charge in [0.15, 0.2) is 17.1 Å². The van der Waals surface area contributed by atoms with Gasteiger partial charge in [-0.3, -0.25) is 9.59 Å². The van der Waals surface area contributed by atoms with E-state index in [2.05, 4.69) is 15.7 Å². The average Bonchev–Trinajstić information content (AvgIpc) is 3.35. The largest absolute Gasteiger partial charge is 0.486 e. The molecule has 190 valence electrons. The molecule has 1 aliphatic carbocycles. The second-order valence-electron chi connectivity index (χ2n) is 9.72. The average molecular weight is 492 g/mol. The lowest BCUT2D eigenvalue weighted by molar-refractivity contribution is -0.125. The molecule has 3 aromatic rings. The molecule has 0 radical (unpaired) electrons. The molecule has 9 heteroatoms. The van der Waals surface area contributed by atoms with Crippen molar-refractivity contribution in [3.8, 4) is 22.8 Å². The molecule has 0 spiro atoms. The van der Waals surface area contributed by atoms with E-state index in [4.69, 9.17) is 14.5 Å². The second-order valence-corrected chi connectivity index (χ2v) is 9.72. The first-order chi connectivity index (χ1) is 17.5. The van der Waals surface area contributed by atoms with Gasteiger partial charge in [0, 0.05) is 30.6 Å². The molecule has 2 N–H and O–H groups in total. The number of benzene rings is 1. The fraction of sp³-hybridized carbons (Fsp3) is 0.481. The molecule has 2 amide bonds. The monoisotopic (exact) mass is 491 g/mol. The third kappa shape index (κ3) is 5.01. The number of hydrogen-bond acceptors (Lipinski definition) is 6. The number of nitrogens with zero attached hydrogens (tertiary/aromatic N) is 3. The molecule has 36 heavy (non-hydrogen) atoms. The highest BCUT2D eigenvalue weighted by Gasteiger charge is 2.22. The summed E-state index contributed by atoms with van der Waals surface area (Å²) in [6.07, 6.45) is 7.04. The smallest absolute Gasteiger partial charge is 0.252 e. The molecule has 5 rings (SSSR count). The molecular weight excluding hydrogens is 458 g/mol. The Labute approximate surface area is 210 Å². The van der Waals surface area contributed by atoms with E-state index in [0.717, 1.165) is 31.2 Å². The fourth-order valence-corrected chi connectivity index (χ4v) is 4.90. The number of aromatic nitrogens is 3. The topological polar surface area (TPSA) is 107 Å². The summed E-state index contributed by atoms with van der Waals surface area (Å²) in [7, 11) is 0. The quantitative estimate of drug-likeness (QED) is 0.486. The molecule has 3 heterocycles. The number of ether oxygens (including phenoxy) is 2. The van der Waals surface area contributed by atoms with Gasteiger partial charge in [-0.15, -0.1) is 0 Å². The standard InChI is InChI=1S/C27H33N5O4/c1-17(2)32-25-21(16-30-32)20(27(34)29-11-10-28-26(33)18-6-4-3-5-7-18)15-22(31-25)19-8-9-23-24(14-19)36-13-12-35-23/h8-9,14-18H,3-7,10-13H2,1-2H3,(H,28,33)(H,29,34). The number of pyridine rings is 1. The first kappa shape index (κ1) is 24.1. The molecule has 9 nitrogen and oxygen atoms in total. The number of amides is 2. The predicted octanol–water partition coefficient (Wildman–Crippen LogP) is 3.88. The maximum absolute atomic E-state index is 13.3. The Morgan fingerprint density at radius 1 is 1.03 bits per heavy atom. The summed E-state index contributed by atoms with van der Waals surface area (Å²) < 4.78 is 13.2. The maximum atomic E-state index is 13.3. The summed E-state index contributed by atoms with van der Waals surface area (Å²) in [4.78, 5) is 30.5. The summed E-state index contributed by atoms with van der Waals surface area (Å²) in [5.41, 5.74) is 2.62. The third-order valence-corrected chi connectivity index (χ3v) is 6.82.